The normalized spacial score (nSPS) is 16.5. The predicted octanol–water partition coefficient (Wildman–Crippen LogP) is 3.83. The quantitative estimate of drug-likeness (QED) is 0.706. The van der Waals surface area contributed by atoms with E-state index in [0.717, 1.165) is 37.4 Å². The van der Waals surface area contributed by atoms with Crippen LogP contribution in [0.2, 0.25) is 0 Å². The van der Waals surface area contributed by atoms with Crippen LogP contribution in [0.5, 0.6) is 5.75 Å². The lowest BCUT2D eigenvalue weighted by Gasteiger charge is -2.40. The fraction of sp³-hybridized carbons (Fsp3) is 0.364. The first-order valence-electron chi connectivity index (χ1n) is 9.50. The molecule has 3 aromatic rings. The van der Waals surface area contributed by atoms with Gasteiger partial charge in [0.05, 0.1) is 12.8 Å². The molecule has 5 nitrogen and oxygen atoms in total. The maximum absolute atomic E-state index is 5.51. The van der Waals surface area contributed by atoms with Gasteiger partial charge in [0, 0.05) is 56.2 Å². The third-order valence-corrected chi connectivity index (χ3v) is 5.58. The molecule has 0 aliphatic carbocycles. The molecular formula is C22H26N4O. The molecule has 1 atom stereocenters. The minimum absolute atomic E-state index is 0.385. The van der Waals surface area contributed by atoms with Crippen molar-refractivity contribution in [2.75, 3.05) is 38.2 Å². The van der Waals surface area contributed by atoms with Crippen LogP contribution >= 0.6 is 0 Å². The molecule has 0 spiro atoms. The van der Waals surface area contributed by atoms with E-state index in [1.807, 2.05) is 36.8 Å². The van der Waals surface area contributed by atoms with Crippen molar-refractivity contribution in [1.29, 1.82) is 0 Å². The van der Waals surface area contributed by atoms with E-state index in [4.69, 9.17) is 4.74 Å². The Morgan fingerprint density at radius 1 is 1.04 bits per heavy atom. The Kier molecular flexibility index (Phi) is 4.94. The van der Waals surface area contributed by atoms with Crippen molar-refractivity contribution in [3.05, 3.63) is 60.0 Å². The number of hydrogen-bond acceptors (Lipinski definition) is 5. The summed E-state index contributed by atoms with van der Waals surface area (Å²) in [6.07, 6.45) is 5.77. The predicted molar refractivity (Wildman–Crippen MR) is 109 cm³/mol. The number of benzene rings is 1. The molecule has 5 heteroatoms. The van der Waals surface area contributed by atoms with E-state index in [1.165, 1.54) is 22.2 Å². The summed E-state index contributed by atoms with van der Waals surface area (Å²) < 4.78 is 5.51. The first-order chi connectivity index (χ1) is 13.2. The number of methoxy groups -OCH3 is 1. The number of ether oxygens (including phenoxy) is 1. The van der Waals surface area contributed by atoms with Gasteiger partial charge in [-0.2, -0.15) is 0 Å². The zero-order valence-corrected chi connectivity index (χ0v) is 16.2. The van der Waals surface area contributed by atoms with Gasteiger partial charge in [0.2, 0.25) is 0 Å². The molecule has 1 fully saturated rings. The number of piperazine rings is 1. The minimum Gasteiger partial charge on any atom is -0.494 e. The monoisotopic (exact) mass is 362 g/mol. The summed E-state index contributed by atoms with van der Waals surface area (Å²) in [6, 6.07) is 10.7. The molecule has 140 valence electrons. The zero-order chi connectivity index (χ0) is 18.8. The van der Waals surface area contributed by atoms with Gasteiger partial charge in [0.15, 0.2) is 0 Å². The Bertz CT molecular complexity index is 920. The third-order valence-electron chi connectivity index (χ3n) is 5.58. The van der Waals surface area contributed by atoms with Crippen molar-refractivity contribution in [3.63, 3.8) is 0 Å². The lowest BCUT2D eigenvalue weighted by atomic mass is 10.1. The van der Waals surface area contributed by atoms with Gasteiger partial charge in [-0.15, -0.1) is 0 Å². The van der Waals surface area contributed by atoms with E-state index in [1.54, 1.807) is 7.11 Å². The number of hydrogen-bond donors (Lipinski definition) is 0. The van der Waals surface area contributed by atoms with Crippen LogP contribution in [-0.2, 0) is 0 Å². The molecule has 1 aromatic carbocycles. The molecule has 3 heterocycles. The summed E-state index contributed by atoms with van der Waals surface area (Å²) in [5.74, 6) is 0.831. The highest BCUT2D eigenvalue weighted by Gasteiger charge is 2.24. The minimum atomic E-state index is 0.385. The lowest BCUT2D eigenvalue weighted by Crippen LogP contribution is -2.47. The molecular weight excluding hydrogens is 336 g/mol. The van der Waals surface area contributed by atoms with Crippen molar-refractivity contribution < 1.29 is 4.74 Å². The lowest BCUT2D eigenvalue weighted by molar-refractivity contribution is 0.198. The number of para-hydroxylation sites is 1. The molecule has 1 aliphatic heterocycles. The number of pyridine rings is 2. The van der Waals surface area contributed by atoms with Crippen molar-refractivity contribution in [1.82, 2.24) is 14.9 Å². The van der Waals surface area contributed by atoms with E-state index in [2.05, 4.69) is 45.7 Å². The van der Waals surface area contributed by atoms with Gasteiger partial charge in [-0.1, -0.05) is 18.2 Å². The molecule has 0 bridgehead atoms. The molecule has 27 heavy (non-hydrogen) atoms. The Balaban J connectivity index is 1.57. The van der Waals surface area contributed by atoms with Gasteiger partial charge < -0.3 is 9.64 Å². The summed E-state index contributed by atoms with van der Waals surface area (Å²) >= 11 is 0. The van der Waals surface area contributed by atoms with E-state index >= 15 is 0 Å². The smallest absolute Gasteiger partial charge is 0.145 e. The number of fused-ring (bicyclic) bond motifs is 1. The van der Waals surface area contributed by atoms with Gasteiger partial charge in [-0.05, 0) is 37.1 Å². The summed E-state index contributed by atoms with van der Waals surface area (Å²) in [5, 5.41) is 1.17. The van der Waals surface area contributed by atoms with Gasteiger partial charge in [-0.3, -0.25) is 14.9 Å². The summed E-state index contributed by atoms with van der Waals surface area (Å²) in [4.78, 5) is 13.9. The summed E-state index contributed by atoms with van der Waals surface area (Å²) in [7, 11) is 1.70. The second-order valence-corrected chi connectivity index (χ2v) is 7.13. The molecule has 1 unspecified atom stereocenters. The van der Waals surface area contributed by atoms with Crippen LogP contribution < -0.4 is 9.64 Å². The third kappa shape index (κ3) is 3.35. The van der Waals surface area contributed by atoms with Gasteiger partial charge in [0.1, 0.15) is 11.3 Å². The number of aromatic nitrogens is 2. The van der Waals surface area contributed by atoms with Crippen molar-refractivity contribution in [2.24, 2.45) is 0 Å². The average molecular weight is 362 g/mol. The van der Waals surface area contributed by atoms with E-state index in [9.17, 15) is 0 Å². The van der Waals surface area contributed by atoms with E-state index < -0.39 is 0 Å². The molecule has 0 radical (unpaired) electrons. The fourth-order valence-electron chi connectivity index (χ4n) is 4.03. The van der Waals surface area contributed by atoms with Gasteiger partial charge >= 0.3 is 0 Å². The summed E-state index contributed by atoms with van der Waals surface area (Å²) in [5.41, 5.74) is 4.71. The first kappa shape index (κ1) is 17.7. The van der Waals surface area contributed by atoms with E-state index in [-0.39, 0.29) is 0 Å². The average Bonchev–Trinajstić information content (AvgIpc) is 2.73. The van der Waals surface area contributed by atoms with Crippen LogP contribution in [0.15, 0.2) is 48.9 Å². The maximum atomic E-state index is 5.51. The fourth-order valence-corrected chi connectivity index (χ4v) is 4.03. The second-order valence-electron chi connectivity index (χ2n) is 7.13. The SMILES string of the molecule is COc1cccc2c(N3CCN(C(C)c4cccnc4)CC3)c(C)cnc12. The molecule has 0 N–H and O–H groups in total. The topological polar surface area (TPSA) is 41.5 Å². The highest BCUT2D eigenvalue weighted by Crippen LogP contribution is 2.34. The molecule has 2 aromatic heterocycles. The van der Waals surface area contributed by atoms with Crippen LogP contribution in [0.4, 0.5) is 5.69 Å². The van der Waals surface area contributed by atoms with Crippen LogP contribution in [0.3, 0.4) is 0 Å². The standard InChI is InChI=1S/C22H26N4O/c1-16-14-24-21-19(7-4-8-20(21)27-3)22(16)26-12-10-25(11-13-26)17(2)18-6-5-9-23-15-18/h4-9,14-15,17H,10-13H2,1-3H3. The molecule has 0 saturated carbocycles. The second kappa shape index (κ2) is 7.53. The molecule has 4 rings (SSSR count). The number of aryl methyl sites for hydroxylation is 1. The Morgan fingerprint density at radius 2 is 1.85 bits per heavy atom. The Labute approximate surface area is 160 Å². The first-order valence-corrected chi connectivity index (χ1v) is 9.50. The number of anilines is 1. The largest absolute Gasteiger partial charge is 0.494 e. The highest BCUT2D eigenvalue weighted by atomic mass is 16.5. The Morgan fingerprint density at radius 3 is 2.56 bits per heavy atom. The van der Waals surface area contributed by atoms with Crippen LogP contribution in [0.1, 0.15) is 24.1 Å². The number of rotatable bonds is 4. The van der Waals surface area contributed by atoms with Gasteiger partial charge in [0.25, 0.3) is 0 Å². The van der Waals surface area contributed by atoms with Crippen LogP contribution in [0, 0.1) is 6.92 Å². The van der Waals surface area contributed by atoms with Crippen molar-refractivity contribution in [2.45, 2.75) is 19.9 Å². The zero-order valence-electron chi connectivity index (χ0n) is 16.2. The highest BCUT2D eigenvalue weighted by molar-refractivity contribution is 5.96. The number of nitrogens with zero attached hydrogens (tertiary/aromatic N) is 4. The van der Waals surface area contributed by atoms with Crippen molar-refractivity contribution in [3.8, 4) is 5.75 Å². The van der Waals surface area contributed by atoms with Gasteiger partial charge in [-0.25, -0.2) is 0 Å². The van der Waals surface area contributed by atoms with Crippen LogP contribution in [0.25, 0.3) is 10.9 Å². The molecule has 0 amide bonds. The van der Waals surface area contributed by atoms with E-state index in [0.29, 0.717) is 6.04 Å². The summed E-state index contributed by atoms with van der Waals surface area (Å²) in [6.45, 7) is 8.48. The van der Waals surface area contributed by atoms with Crippen LogP contribution in [-0.4, -0.2) is 48.2 Å². The maximum Gasteiger partial charge on any atom is 0.145 e. The molecule has 1 aliphatic rings. The Hall–Kier alpha value is -2.66. The van der Waals surface area contributed by atoms with Crippen molar-refractivity contribution >= 4 is 16.6 Å². The molecule has 1 saturated heterocycles.